The van der Waals surface area contributed by atoms with Crippen LogP contribution in [0.1, 0.15) is 70.0 Å². The van der Waals surface area contributed by atoms with Crippen molar-refractivity contribution in [2.45, 2.75) is 92.1 Å². The summed E-state index contributed by atoms with van der Waals surface area (Å²) >= 11 is 0. The molecule has 0 saturated carbocycles. The fraction of sp³-hybridized carbons (Fsp3) is 0.558. The number of nitrogens with one attached hydrogen (secondary N) is 1. The second-order valence-electron chi connectivity index (χ2n) is 16.3. The van der Waals surface area contributed by atoms with Crippen molar-refractivity contribution in [2.24, 2.45) is 23.7 Å². The molecule has 4 heterocycles. The molecule has 15 nitrogen and oxygen atoms in total. The van der Waals surface area contributed by atoms with Crippen LogP contribution in [0.2, 0.25) is 0 Å². The largest absolute Gasteiger partial charge is 0.507 e. The van der Waals surface area contributed by atoms with Gasteiger partial charge in [0, 0.05) is 99.4 Å². The summed E-state index contributed by atoms with van der Waals surface area (Å²) < 4.78 is 23.7. The first kappa shape index (κ1) is 44.4. The molecule has 6 rings (SSSR count). The lowest BCUT2D eigenvalue weighted by molar-refractivity contribution is -0.160. The smallest absolute Gasteiger partial charge is 0.312 e. The van der Waals surface area contributed by atoms with Crippen LogP contribution in [-0.2, 0) is 30.3 Å². The number of aliphatic hydroxyl groups excluding tert-OH is 2. The zero-order valence-electron chi connectivity index (χ0n) is 35.0. The van der Waals surface area contributed by atoms with Crippen LogP contribution in [0.25, 0.3) is 10.8 Å². The molecule has 4 aliphatic rings. The number of Topliss-reactive ketones (excluding diaryl/α,β-unsaturated/α-hetero) is 1. The summed E-state index contributed by atoms with van der Waals surface area (Å²) in [7, 11) is 3.44. The minimum Gasteiger partial charge on any atom is -0.507 e. The topological polar surface area (TPSA) is 208 Å². The number of hydrogen-bond donors (Lipinski definition) is 6. The molecule has 1 amide bonds. The maximum Gasteiger partial charge on any atom is 0.312 e. The van der Waals surface area contributed by atoms with Crippen molar-refractivity contribution in [1.29, 1.82) is 0 Å². The SMILES string of the molecule is CO[C@H]1/C=C/O[C@@]2(C)Oc3c(C)c(O)c4c(O)c(c(CN5CCN(C)CC5)c(O)c4c3C2=O)NC(=O)/C(C)=C\C=C\[C@H](C)[C@H](O)[C@@H](C)[C@@H](O)[C@H](C)[C@H](OC(C)=O)[C@H]1C. The van der Waals surface area contributed by atoms with Gasteiger partial charge in [-0.1, -0.05) is 45.9 Å². The molecule has 58 heavy (non-hydrogen) atoms. The van der Waals surface area contributed by atoms with E-state index in [0.29, 0.717) is 13.1 Å². The van der Waals surface area contributed by atoms with Crippen LogP contribution in [0, 0.1) is 30.6 Å². The molecule has 2 aromatic rings. The van der Waals surface area contributed by atoms with E-state index in [1.807, 2.05) is 11.9 Å². The predicted molar refractivity (Wildman–Crippen MR) is 217 cm³/mol. The molecule has 15 heteroatoms. The molecular formula is C43H59N3O12. The number of carbonyl (C=O) groups excluding carboxylic acids is 3. The molecule has 5 bridgehead atoms. The summed E-state index contributed by atoms with van der Waals surface area (Å²) in [5.41, 5.74) is 0.176. The summed E-state index contributed by atoms with van der Waals surface area (Å²) in [6.45, 7) is 15.4. The van der Waals surface area contributed by atoms with Gasteiger partial charge in [-0.25, -0.2) is 0 Å². The van der Waals surface area contributed by atoms with Crippen LogP contribution in [0.3, 0.4) is 0 Å². The number of aliphatic hydroxyl groups is 2. The fourth-order valence-corrected chi connectivity index (χ4v) is 8.17. The number of ketones is 1. The number of fused-ring (bicyclic) bond motifs is 14. The molecule has 2 aromatic carbocycles. The third kappa shape index (κ3) is 8.55. The first-order valence-electron chi connectivity index (χ1n) is 19.7. The predicted octanol–water partition coefficient (Wildman–Crippen LogP) is 4.50. The molecule has 0 aromatic heterocycles. The molecule has 0 unspecified atom stereocenters. The minimum absolute atomic E-state index is 0.0565. The summed E-state index contributed by atoms with van der Waals surface area (Å²) in [6, 6.07) is 0. The first-order valence-corrected chi connectivity index (χ1v) is 19.7. The molecule has 0 aliphatic carbocycles. The van der Waals surface area contributed by atoms with E-state index in [0.717, 1.165) is 13.1 Å². The number of methoxy groups -OCH3 is 1. The number of aromatic hydroxyl groups is 3. The number of esters is 1. The van der Waals surface area contributed by atoms with Gasteiger partial charge in [-0.15, -0.1) is 0 Å². The van der Waals surface area contributed by atoms with Crippen molar-refractivity contribution in [3.8, 4) is 23.0 Å². The molecule has 0 radical (unpaired) electrons. The quantitative estimate of drug-likeness (QED) is 0.143. The number of amides is 1. The molecule has 1 fully saturated rings. The van der Waals surface area contributed by atoms with E-state index in [4.69, 9.17) is 18.9 Å². The van der Waals surface area contributed by atoms with Gasteiger partial charge >= 0.3 is 11.8 Å². The third-order valence-corrected chi connectivity index (χ3v) is 12.1. The van der Waals surface area contributed by atoms with Crippen LogP contribution in [0.4, 0.5) is 5.69 Å². The number of piperazine rings is 1. The van der Waals surface area contributed by atoms with Gasteiger partial charge in [-0.3, -0.25) is 19.3 Å². The number of carbonyl (C=O) groups is 3. The van der Waals surface area contributed by atoms with Gasteiger partial charge in [0.2, 0.25) is 0 Å². The zero-order chi connectivity index (χ0) is 43.0. The average molecular weight is 810 g/mol. The van der Waals surface area contributed by atoms with E-state index >= 15 is 0 Å². The number of phenols is 3. The molecule has 4 aliphatic heterocycles. The van der Waals surface area contributed by atoms with E-state index in [9.17, 15) is 39.9 Å². The Morgan fingerprint density at radius 1 is 0.931 bits per heavy atom. The van der Waals surface area contributed by atoms with E-state index in [1.54, 1.807) is 46.8 Å². The third-order valence-electron chi connectivity index (χ3n) is 12.1. The van der Waals surface area contributed by atoms with Gasteiger partial charge in [0.05, 0.1) is 41.2 Å². The Hall–Kier alpha value is -4.67. The van der Waals surface area contributed by atoms with Crippen LogP contribution >= 0.6 is 0 Å². The highest BCUT2D eigenvalue weighted by Gasteiger charge is 2.50. The standard InChI is InChI=1S/C43H59N3O12/c1-21-12-11-13-22(2)42(54)44-33-28(20-46-17-15-45(9)16-18-46)37(51)30-31(38(33)52)36(50)26(6)40-32(30)41(53)43(8,58-40)56-19-14-29(55-10)23(3)39(57-27(7)47)25(5)35(49)24(4)34(21)48/h11-14,19,21,23-25,29,34-35,39,48-52H,15-18,20H2,1-10H3,(H,44,54)/b12-11+,19-14+,22-13-/t21-,23-,24+,25-,29-,34-,35+,39+,43-/m0/s1. The Balaban J connectivity index is 1.70. The molecule has 6 N–H and O–H groups in total. The normalized spacial score (nSPS) is 32.6. The van der Waals surface area contributed by atoms with Crippen LogP contribution < -0.4 is 10.1 Å². The summed E-state index contributed by atoms with van der Waals surface area (Å²) in [6.07, 6.45) is 3.73. The minimum atomic E-state index is -2.01. The van der Waals surface area contributed by atoms with Crippen molar-refractivity contribution in [3.63, 3.8) is 0 Å². The van der Waals surface area contributed by atoms with Crippen molar-refractivity contribution in [2.75, 3.05) is 45.7 Å². The van der Waals surface area contributed by atoms with E-state index < -0.39 is 88.8 Å². The second kappa shape index (κ2) is 17.7. The Bertz CT molecular complexity index is 2000. The maximum atomic E-state index is 14.4. The molecule has 1 saturated heterocycles. The number of hydrogen-bond acceptors (Lipinski definition) is 14. The van der Waals surface area contributed by atoms with Gasteiger partial charge in [0.15, 0.2) is 5.75 Å². The lowest BCUT2D eigenvalue weighted by Gasteiger charge is -2.38. The molecule has 318 valence electrons. The average Bonchev–Trinajstić information content (AvgIpc) is 3.45. The van der Waals surface area contributed by atoms with Gasteiger partial charge in [-0.2, -0.15) is 0 Å². The van der Waals surface area contributed by atoms with E-state index in [-0.39, 0.29) is 51.0 Å². The zero-order valence-corrected chi connectivity index (χ0v) is 35.0. The van der Waals surface area contributed by atoms with E-state index in [2.05, 4.69) is 10.2 Å². The van der Waals surface area contributed by atoms with Crippen LogP contribution in [0.5, 0.6) is 23.0 Å². The summed E-state index contributed by atoms with van der Waals surface area (Å²) in [5, 5.41) is 60.9. The highest BCUT2D eigenvalue weighted by molar-refractivity contribution is 6.22. The second-order valence-corrected chi connectivity index (χ2v) is 16.3. The Labute approximate surface area is 339 Å². The Morgan fingerprint density at radius 3 is 2.21 bits per heavy atom. The first-order chi connectivity index (χ1) is 27.2. The lowest BCUT2D eigenvalue weighted by Crippen LogP contribution is -2.46. The fourth-order valence-electron chi connectivity index (χ4n) is 8.17. The molecule has 0 spiro atoms. The summed E-state index contributed by atoms with van der Waals surface area (Å²) in [5.74, 6) is -7.86. The Kier molecular flexibility index (Phi) is 13.5. The van der Waals surface area contributed by atoms with Crippen molar-refractivity contribution < 1.29 is 58.9 Å². The summed E-state index contributed by atoms with van der Waals surface area (Å²) in [4.78, 5) is 44.7. The van der Waals surface area contributed by atoms with Gasteiger partial charge in [0.1, 0.15) is 23.4 Å². The van der Waals surface area contributed by atoms with Crippen molar-refractivity contribution in [3.05, 3.63) is 52.8 Å². The molecule has 9 atom stereocenters. The number of benzene rings is 2. The van der Waals surface area contributed by atoms with Crippen molar-refractivity contribution >= 4 is 34.1 Å². The lowest BCUT2D eigenvalue weighted by atomic mass is 9.78. The number of ether oxygens (including phenoxy) is 4. The van der Waals surface area contributed by atoms with Crippen LogP contribution in [0.15, 0.2) is 36.1 Å². The highest BCUT2D eigenvalue weighted by Crippen LogP contribution is 2.55. The van der Waals surface area contributed by atoms with Crippen molar-refractivity contribution in [1.82, 2.24) is 9.80 Å². The van der Waals surface area contributed by atoms with E-state index in [1.165, 1.54) is 46.3 Å². The number of phenolic OH excluding ortho intramolecular Hbond substituents is 3. The van der Waals surface area contributed by atoms with Gasteiger partial charge in [0.25, 0.3) is 11.7 Å². The number of allylic oxidation sites excluding steroid dienone is 2. The monoisotopic (exact) mass is 809 g/mol. The van der Waals surface area contributed by atoms with Gasteiger partial charge in [-0.05, 0) is 27.0 Å². The number of rotatable bonds is 4. The van der Waals surface area contributed by atoms with Crippen LogP contribution in [-0.4, -0.2) is 124 Å². The number of likely N-dealkylation sites (N-methyl/N-ethyl adjacent to an activating group) is 1. The number of nitrogens with zero attached hydrogens (tertiary/aromatic N) is 2. The molecular weight excluding hydrogens is 750 g/mol. The van der Waals surface area contributed by atoms with Gasteiger partial charge < -0.3 is 54.7 Å². The highest BCUT2D eigenvalue weighted by atomic mass is 16.7. The number of anilines is 1. The Morgan fingerprint density at radius 2 is 1.59 bits per heavy atom. The maximum absolute atomic E-state index is 14.4.